The van der Waals surface area contributed by atoms with Gasteiger partial charge >= 0.3 is 0 Å². The second-order valence-electron chi connectivity index (χ2n) is 7.72. The zero-order chi connectivity index (χ0) is 21.1. The first-order valence-electron chi connectivity index (χ1n) is 9.66. The average molecular weight is 518 g/mol. The van der Waals surface area contributed by atoms with Gasteiger partial charge < -0.3 is 9.80 Å². The van der Waals surface area contributed by atoms with Gasteiger partial charge in [-0.3, -0.25) is 4.79 Å². The number of allylic oxidation sites excluding steroid dienone is 2. The Morgan fingerprint density at radius 3 is 1.52 bits per heavy atom. The van der Waals surface area contributed by atoms with Crippen molar-refractivity contribution in [3.63, 3.8) is 0 Å². The smallest absolute Gasteiger partial charge is 0.185 e. The van der Waals surface area contributed by atoms with E-state index in [1.54, 1.807) is 0 Å². The molecule has 0 aliphatic heterocycles. The standard InChI is InChI=1S/C24H26Br2N2O/c1-27(2)20-10-8-16(22(25)14-20)12-18-6-5-7-19(24(18)29)13-17-9-11-21(28(3)4)15-23(17)26/h8-15H,5-7H2,1-4H3/b18-12+,19-13+. The Morgan fingerprint density at radius 2 is 1.17 bits per heavy atom. The van der Waals surface area contributed by atoms with E-state index in [0.29, 0.717) is 0 Å². The summed E-state index contributed by atoms with van der Waals surface area (Å²) in [7, 11) is 8.07. The Kier molecular flexibility index (Phi) is 7.01. The van der Waals surface area contributed by atoms with Crippen molar-refractivity contribution in [1.82, 2.24) is 0 Å². The summed E-state index contributed by atoms with van der Waals surface area (Å²) in [6.45, 7) is 0. The van der Waals surface area contributed by atoms with Crippen molar-refractivity contribution in [3.8, 4) is 0 Å². The molecule has 2 aromatic rings. The van der Waals surface area contributed by atoms with Crippen LogP contribution in [0.4, 0.5) is 11.4 Å². The van der Waals surface area contributed by atoms with Gasteiger partial charge in [0, 0.05) is 59.7 Å². The normalized spacial score (nSPS) is 17.1. The summed E-state index contributed by atoms with van der Waals surface area (Å²) in [5.41, 5.74) is 6.08. The Hall–Kier alpha value is -1.85. The lowest BCUT2D eigenvalue weighted by Crippen LogP contribution is -2.12. The zero-order valence-corrected chi connectivity index (χ0v) is 20.5. The minimum absolute atomic E-state index is 0.156. The van der Waals surface area contributed by atoms with E-state index >= 15 is 0 Å². The van der Waals surface area contributed by atoms with Gasteiger partial charge in [-0.2, -0.15) is 0 Å². The Balaban J connectivity index is 1.89. The van der Waals surface area contributed by atoms with Gasteiger partial charge in [0.1, 0.15) is 0 Å². The molecular weight excluding hydrogens is 492 g/mol. The molecule has 0 aromatic heterocycles. The van der Waals surface area contributed by atoms with Gasteiger partial charge in [-0.1, -0.05) is 44.0 Å². The Morgan fingerprint density at radius 1 is 0.759 bits per heavy atom. The summed E-state index contributed by atoms with van der Waals surface area (Å²) in [4.78, 5) is 17.2. The number of ketones is 1. The number of carbonyl (C=O) groups is 1. The molecule has 0 bridgehead atoms. The number of Topliss-reactive ketones (excluding diaryl/α,β-unsaturated/α-hetero) is 1. The van der Waals surface area contributed by atoms with E-state index in [2.05, 4.69) is 78.1 Å². The third-order valence-electron chi connectivity index (χ3n) is 5.14. The number of rotatable bonds is 4. The van der Waals surface area contributed by atoms with E-state index in [1.807, 2.05) is 40.3 Å². The van der Waals surface area contributed by atoms with Crippen LogP contribution in [0.5, 0.6) is 0 Å². The number of nitrogens with zero attached hydrogens (tertiary/aromatic N) is 2. The van der Waals surface area contributed by atoms with Crippen LogP contribution in [0.1, 0.15) is 30.4 Å². The summed E-state index contributed by atoms with van der Waals surface area (Å²) in [5.74, 6) is 0.156. The fraction of sp³-hybridized carbons (Fsp3) is 0.292. The number of halogens is 2. The molecule has 0 saturated heterocycles. The van der Waals surface area contributed by atoms with Crippen molar-refractivity contribution >= 4 is 61.2 Å². The highest BCUT2D eigenvalue weighted by atomic mass is 79.9. The van der Waals surface area contributed by atoms with Crippen molar-refractivity contribution in [2.75, 3.05) is 38.0 Å². The first kappa shape index (κ1) is 21.8. The Labute approximate surface area is 190 Å². The van der Waals surface area contributed by atoms with Gasteiger partial charge in [-0.05, 0) is 66.8 Å². The number of hydrogen-bond donors (Lipinski definition) is 0. The summed E-state index contributed by atoms with van der Waals surface area (Å²) in [5, 5.41) is 0. The monoisotopic (exact) mass is 516 g/mol. The highest BCUT2D eigenvalue weighted by Gasteiger charge is 2.21. The van der Waals surface area contributed by atoms with Gasteiger partial charge in [0.15, 0.2) is 5.78 Å². The minimum atomic E-state index is 0.156. The highest BCUT2D eigenvalue weighted by molar-refractivity contribution is 9.10. The molecule has 1 aliphatic carbocycles. The first-order chi connectivity index (χ1) is 13.8. The molecule has 3 nitrogen and oxygen atoms in total. The molecular formula is C24H26Br2N2O. The van der Waals surface area contributed by atoms with E-state index < -0.39 is 0 Å². The van der Waals surface area contributed by atoms with Crippen molar-refractivity contribution < 1.29 is 4.79 Å². The molecule has 5 heteroatoms. The molecule has 0 atom stereocenters. The van der Waals surface area contributed by atoms with Gasteiger partial charge in [0.2, 0.25) is 0 Å². The van der Waals surface area contributed by atoms with Crippen LogP contribution in [0.15, 0.2) is 56.5 Å². The number of hydrogen-bond acceptors (Lipinski definition) is 3. The van der Waals surface area contributed by atoms with E-state index in [9.17, 15) is 4.79 Å². The van der Waals surface area contributed by atoms with Crippen LogP contribution in [0.3, 0.4) is 0 Å². The van der Waals surface area contributed by atoms with Crippen LogP contribution in [-0.4, -0.2) is 34.0 Å². The van der Waals surface area contributed by atoms with Crippen LogP contribution < -0.4 is 9.80 Å². The van der Waals surface area contributed by atoms with Crippen LogP contribution >= 0.6 is 31.9 Å². The molecule has 0 amide bonds. The Bertz CT molecular complexity index is 913. The molecule has 0 radical (unpaired) electrons. The van der Waals surface area contributed by atoms with E-state index in [1.165, 1.54) is 0 Å². The van der Waals surface area contributed by atoms with E-state index in [0.717, 1.165) is 61.9 Å². The second-order valence-corrected chi connectivity index (χ2v) is 9.43. The topological polar surface area (TPSA) is 23.6 Å². The molecule has 1 fully saturated rings. The molecule has 3 rings (SSSR count). The number of carbonyl (C=O) groups excluding carboxylic acids is 1. The fourth-order valence-corrected chi connectivity index (χ4v) is 4.34. The third kappa shape index (κ3) is 5.20. The largest absolute Gasteiger partial charge is 0.378 e. The molecule has 152 valence electrons. The molecule has 0 unspecified atom stereocenters. The lowest BCUT2D eigenvalue weighted by Gasteiger charge is -2.18. The van der Waals surface area contributed by atoms with Crippen molar-refractivity contribution in [1.29, 1.82) is 0 Å². The fourth-order valence-electron chi connectivity index (χ4n) is 3.38. The maximum atomic E-state index is 13.1. The predicted octanol–water partition coefficient (Wildman–Crippen LogP) is 6.56. The molecule has 0 spiro atoms. The maximum Gasteiger partial charge on any atom is 0.185 e. The van der Waals surface area contributed by atoms with E-state index in [-0.39, 0.29) is 5.78 Å². The molecule has 1 aliphatic rings. The van der Waals surface area contributed by atoms with Crippen molar-refractivity contribution in [3.05, 3.63) is 67.6 Å². The van der Waals surface area contributed by atoms with Gasteiger partial charge in [0.05, 0.1) is 0 Å². The molecule has 0 heterocycles. The summed E-state index contributed by atoms with van der Waals surface area (Å²) < 4.78 is 2.00. The first-order valence-corrected chi connectivity index (χ1v) is 11.2. The number of benzene rings is 2. The maximum absolute atomic E-state index is 13.1. The lowest BCUT2D eigenvalue weighted by atomic mass is 9.87. The van der Waals surface area contributed by atoms with Gasteiger partial charge in [-0.25, -0.2) is 0 Å². The third-order valence-corrected chi connectivity index (χ3v) is 6.51. The summed E-state index contributed by atoms with van der Waals surface area (Å²) in [6.07, 6.45) is 6.69. The highest BCUT2D eigenvalue weighted by Crippen LogP contribution is 2.32. The molecule has 29 heavy (non-hydrogen) atoms. The quantitative estimate of drug-likeness (QED) is 0.429. The van der Waals surface area contributed by atoms with Crippen LogP contribution in [0.25, 0.3) is 12.2 Å². The zero-order valence-electron chi connectivity index (χ0n) is 17.3. The molecule has 0 N–H and O–H groups in total. The van der Waals surface area contributed by atoms with Crippen LogP contribution in [0, 0.1) is 0 Å². The van der Waals surface area contributed by atoms with Crippen molar-refractivity contribution in [2.45, 2.75) is 19.3 Å². The lowest BCUT2D eigenvalue weighted by molar-refractivity contribution is -0.112. The van der Waals surface area contributed by atoms with Crippen LogP contribution in [-0.2, 0) is 4.79 Å². The number of anilines is 2. The van der Waals surface area contributed by atoms with E-state index in [4.69, 9.17) is 0 Å². The molecule has 2 aromatic carbocycles. The summed E-state index contributed by atoms with van der Waals surface area (Å²) in [6, 6.07) is 12.4. The average Bonchev–Trinajstić information content (AvgIpc) is 2.67. The van der Waals surface area contributed by atoms with Gasteiger partial charge in [0.25, 0.3) is 0 Å². The SMILES string of the molecule is CN(C)c1ccc(/C=C2\CCC/C(=C\c3ccc(N(C)C)cc3Br)C2=O)c(Br)c1. The van der Waals surface area contributed by atoms with Crippen LogP contribution in [0.2, 0.25) is 0 Å². The second kappa shape index (κ2) is 9.31. The predicted molar refractivity (Wildman–Crippen MR) is 132 cm³/mol. The van der Waals surface area contributed by atoms with Crippen molar-refractivity contribution in [2.24, 2.45) is 0 Å². The minimum Gasteiger partial charge on any atom is -0.378 e. The summed E-state index contributed by atoms with van der Waals surface area (Å²) >= 11 is 7.30. The van der Waals surface area contributed by atoms with Gasteiger partial charge in [-0.15, -0.1) is 0 Å². The molecule has 1 saturated carbocycles.